The smallest absolute Gasteiger partial charge is 0.337 e. The first-order chi connectivity index (χ1) is 7.18. The maximum Gasteiger partial charge on any atom is 0.337 e. The summed E-state index contributed by atoms with van der Waals surface area (Å²) in [6, 6.07) is 6.72. The molecule has 0 radical (unpaired) electrons. The van der Waals surface area contributed by atoms with Crippen molar-refractivity contribution >= 4 is 11.7 Å². The van der Waals surface area contributed by atoms with E-state index in [2.05, 4.69) is 0 Å². The number of para-hydroxylation sites is 1. The van der Waals surface area contributed by atoms with E-state index in [-0.39, 0.29) is 5.56 Å². The molecule has 0 spiro atoms. The van der Waals surface area contributed by atoms with Gasteiger partial charge >= 0.3 is 5.97 Å². The number of aromatic carboxylic acids is 1. The number of carboxylic acid groups (broad SMARTS) is 1. The molecule has 1 aliphatic rings. The molecule has 15 heavy (non-hydrogen) atoms. The molecular weight excluding hydrogens is 197 g/mol. The number of benzene rings is 1. The summed E-state index contributed by atoms with van der Waals surface area (Å²) in [7, 11) is 0. The molecule has 4 heteroatoms. The molecule has 3 nitrogen and oxygen atoms in total. The molecule has 0 aliphatic carbocycles. The standard InChI is InChI=1S/C11H12FNO2/c12-8-5-6-13(7-8)10-4-2-1-3-9(10)11(14)15/h1-4,8H,5-7H2,(H,14,15)/t8-/m1/s1. The zero-order valence-electron chi connectivity index (χ0n) is 8.19. The Morgan fingerprint density at radius 2 is 2.20 bits per heavy atom. The van der Waals surface area contributed by atoms with Crippen molar-refractivity contribution in [3.8, 4) is 0 Å². The normalized spacial score (nSPS) is 20.6. The molecule has 1 fully saturated rings. The first kappa shape index (κ1) is 9.96. The van der Waals surface area contributed by atoms with Crippen molar-refractivity contribution in [2.45, 2.75) is 12.6 Å². The van der Waals surface area contributed by atoms with Gasteiger partial charge in [0, 0.05) is 13.1 Å². The third-order valence-electron chi connectivity index (χ3n) is 2.61. The highest BCUT2D eigenvalue weighted by Crippen LogP contribution is 2.25. The zero-order valence-corrected chi connectivity index (χ0v) is 8.19. The average Bonchev–Trinajstić information content (AvgIpc) is 2.65. The first-order valence-corrected chi connectivity index (χ1v) is 4.90. The Balaban J connectivity index is 2.31. The number of hydrogen-bond donors (Lipinski definition) is 1. The summed E-state index contributed by atoms with van der Waals surface area (Å²) in [6.45, 7) is 0.885. The van der Waals surface area contributed by atoms with Gasteiger partial charge in [-0.2, -0.15) is 0 Å². The monoisotopic (exact) mass is 209 g/mol. The Hall–Kier alpha value is -1.58. The first-order valence-electron chi connectivity index (χ1n) is 4.90. The molecule has 1 saturated heterocycles. The molecule has 0 amide bonds. The number of alkyl halides is 1. The maximum atomic E-state index is 13.0. The number of nitrogens with zero attached hydrogens (tertiary/aromatic N) is 1. The fourth-order valence-electron chi connectivity index (χ4n) is 1.87. The minimum Gasteiger partial charge on any atom is -0.478 e. The molecule has 1 aliphatic heterocycles. The van der Waals surface area contributed by atoms with Gasteiger partial charge in [0.1, 0.15) is 6.17 Å². The Morgan fingerprint density at radius 3 is 2.80 bits per heavy atom. The van der Waals surface area contributed by atoms with Gasteiger partial charge in [0.25, 0.3) is 0 Å². The van der Waals surface area contributed by atoms with Gasteiger partial charge in [-0.1, -0.05) is 12.1 Å². The Labute approximate surface area is 87.1 Å². The van der Waals surface area contributed by atoms with E-state index in [0.717, 1.165) is 0 Å². The molecule has 0 aromatic heterocycles. The summed E-state index contributed by atoms with van der Waals surface area (Å²) in [5.74, 6) is -0.965. The minimum atomic E-state index is -0.965. The highest BCUT2D eigenvalue weighted by molar-refractivity contribution is 5.94. The number of hydrogen-bond acceptors (Lipinski definition) is 2. The van der Waals surface area contributed by atoms with Gasteiger partial charge in [0.2, 0.25) is 0 Å². The number of carbonyl (C=O) groups is 1. The summed E-state index contributed by atoms with van der Waals surface area (Å²) in [6.07, 6.45) is -0.361. The molecule has 0 unspecified atom stereocenters. The van der Waals surface area contributed by atoms with Crippen LogP contribution in [0.25, 0.3) is 0 Å². The zero-order chi connectivity index (χ0) is 10.8. The molecule has 1 N–H and O–H groups in total. The fraction of sp³-hybridized carbons (Fsp3) is 0.364. The number of anilines is 1. The topological polar surface area (TPSA) is 40.5 Å². The lowest BCUT2D eigenvalue weighted by atomic mass is 10.1. The predicted octanol–water partition coefficient (Wildman–Crippen LogP) is 1.93. The van der Waals surface area contributed by atoms with Crippen molar-refractivity contribution in [3.63, 3.8) is 0 Å². The lowest BCUT2D eigenvalue weighted by Crippen LogP contribution is -2.22. The van der Waals surface area contributed by atoms with Crippen molar-refractivity contribution in [2.24, 2.45) is 0 Å². The van der Waals surface area contributed by atoms with Crippen LogP contribution in [-0.2, 0) is 0 Å². The van der Waals surface area contributed by atoms with E-state index in [1.807, 2.05) is 0 Å². The lowest BCUT2D eigenvalue weighted by molar-refractivity contribution is 0.0697. The van der Waals surface area contributed by atoms with Gasteiger partial charge in [-0.15, -0.1) is 0 Å². The Morgan fingerprint density at radius 1 is 1.47 bits per heavy atom. The van der Waals surface area contributed by atoms with Crippen LogP contribution in [-0.4, -0.2) is 30.3 Å². The van der Waals surface area contributed by atoms with Crippen LogP contribution < -0.4 is 4.90 Å². The van der Waals surface area contributed by atoms with Gasteiger partial charge in [0.05, 0.1) is 11.3 Å². The summed E-state index contributed by atoms with van der Waals surface area (Å²) in [5.41, 5.74) is 0.858. The van der Waals surface area contributed by atoms with Crippen molar-refractivity contribution < 1.29 is 14.3 Å². The molecule has 1 aromatic carbocycles. The minimum absolute atomic E-state index is 0.242. The molecule has 2 rings (SSSR count). The van der Waals surface area contributed by atoms with Crippen LogP contribution in [0.2, 0.25) is 0 Å². The highest BCUT2D eigenvalue weighted by atomic mass is 19.1. The van der Waals surface area contributed by atoms with E-state index in [1.165, 1.54) is 0 Å². The van der Waals surface area contributed by atoms with E-state index in [9.17, 15) is 9.18 Å². The predicted molar refractivity (Wildman–Crippen MR) is 55.1 cm³/mol. The van der Waals surface area contributed by atoms with E-state index in [1.54, 1.807) is 29.2 Å². The second kappa shape index (κ2) is 3.88. The van der Waals surface area contributed by atoms with Crippen LogP contribution in [0, 0.1) is 0 Å². The van der Waals surface area contributed by atoms with Gasteiger partial charge in [-0.05, 0) is 18.6 Å². The molecule has 1 atom stereocenters. The van der Waals surface area contributed by atoms with Crippen LogP contribution >= 0.6 is 0 Å². The maximum absolute atomic E-state index is 13.0. The molecule has 1 aromatic rings. The summed E-state index contributed by atoms with van der Waals surface area (Å²) in [4.78, 5) is 12.7. The fourth-order valence-corrected chi connectivity index (χ4v) is 1.87. The van der Waals surface area contributed by atoms with Crippen LogP contribution in [0.15, 0.2) is 24.3 Å². The molecule has 0 bridgehead atoms. The third kappa shape index (κ3) is 1.93. The Bertz CT molecular complexity index is 381. The summed E-state index contributed by atoms with van der Waals surface area (Å²) >= 11 is 0. The van der Waals surface area contributed by atoms with Gasteiger partial charge in [0.15, 0.2) is 0 Å². The van der Waals surface area contributed by atoms with E-state index in [0.29, 0.717) is 25.2 Å². The molecule has 80 valence electrons. The van der Waals surface area contributed by atoms with Crippen molar-refractivity contribution in [2.75, 3.05) is 18.0 Å². The second-order valence-corrected chi connectivity index (χ2v) is 3.65. The number of carboxylic acids is 1. The summed E-state index contributed by atoms with van der Waals surface area (Å²) < 4.78 is 13.0. The molecular formula is C11H12FNO2. The second-order valence-electron chi connectivity index (χ2n) is 3.65. The Kier molecular flexibility index (Phi) is 2.58. The largest absolute Gasteiger partial charge is 0.478 e. The van der Waals surface area contributed by atoms with Crippen LogP contribution in [0.1, 0.15) is 16.8 Å². The van der Waals surface area contributed by atoms with Crippen LogP contribution in [0.3, 0.4) is 0 Å². The van der Waals surface area contributed by atoms with Crippen molar-refractivity contribution in [3.05, 3.63) is 29.8 Å². The van der Waals surface area contributed by atoms with Crippen LogP contribution in [0.5, 0.6) is 0 Å². The molecule has 1 heterocycles. The molecule has 0 saturated carbocycles. The van der Waals surface area contributed by atoms with Gasteiger partial charge in [-0.25, -0.2) is 9.18 Å². The van der Waals surface area contributed by atoms with E-state index >= 15 is 0 Å². The van der Waals surface area contributed by atoms with Gasteiger partial charge < -0.3 is 10.0 Å². The SMILES string of the molecule is O=C(O)c1ccccc1N1CC[C@@H](F)C1. The number of halogens is 1. The highest BCUT2D eigenvalue weighted by Gasteiger charge is 2.24. The number of rotatable bonds is 2. The quantitative estimate of drug-likeness (QED) is 0.809. The van der Waals surface area contributed by atoms with E-state index < -0.39 is 12.1 Å². The average molecular weight is 209 g/mol. The van der Waals surface area contributed by atoms with Gasteiger partial charge in [-0.3, -0.25) is 0 Å². The van der Waals surface area contributed by atoms with Crippen molar-refractivity contribution in [1.29, 1.82) is 0 Å². The van der Waals surface area contributed by atoms with Crippen LogP contribution in [0.4, 0.5) is 10.1 Å². The van der Waals surface area contributed by atoms with Crippen molar-refractivity contribution in [1.82, 2.24) is 0 Å². The van der Waals surface area contributed by atoms with E-state index in [4.69, 9.17) is 5.11 Å². The third-order valence-corrected chi connectivity index (χ3v) is 2.61. The lowest BCUT2D eigenvalue weighted by Gasteiger charge is -2.19. The summed E-state index contributed by atoms with van der Waals surface area (Å²) in [5, 5.41) is 8.97.